The summed E-state index contributed by atoms with van der Waals surface area (Å²) < 4.78 is 5.22. The number of benzene rings is 1. The Morgan fingerprint density at radius 2 is 1.82 bits per heavy atom. The third kappa shape index (κ3) is 8.86. The molecule has 2 atom stereocenters. The first-order valence-corrected chi connectivity index (χ1v) is 11.6. The maximum absolute atomic E-state index is 13.0. The van der Waals surface area contributed by atoms with Crippen LogP contribution < -0.4 is 16.0 Å². The number of Topliss-reactive ketones (excluding diaryl/α,β-unsaturated/α-hetero) is 1. The molecular weight excluding hydrogens is 422 g/mol. The van der Waals surface area contributed by atoms with Gasteiger partial charge < -0.3 is 20.7 Å². The van der Waals surface area contributed by atoms with Crippen LogP contribution in [0.4, 0.5) is 4.79 Å². The molecule has 1 aliphatic rings. The van der Waals surface area contributed by atoms with Gasteiger partial charge in [0.05, 0.1) is 12.6 Å². The number of alkyl carbamates (subject to hydrolysis) is 1. The number of hydrogen-bond acceptors (Lipinski definition) is 5. The van der Waals surface area contributed by atoms with Crippen molar-refractivity contribution in [2.24, 2.45) is 11.3 Å². The zero-order chi connectivity index (χ0) is 24.6. The number of rotatable bonds is 5. The zero-order valence-corrected chi connectivity index (χ0v) is 20.3. The predicted octanol–water partition coefficient (Wildman–Crippen LogP) is 2.53. The maximum Gasteiger partial charge on any atom is 0.407 e. The number of amides is 3. The van der Waals surface area contributed by atoms with Gasteiger partial charge in [-0.1, -0.05) is 58.9 Å². The van der Waals surface area contributed by atoms with E-state index in [1.54, 1.807) is 13.8 Å². The quantitative estimate of drug-likeness (QED) is 0.586. The summed E-state index contributed by atoms with van der Waals surface area (Å²) >= 11 is 0. The van der Waals surface area contributed by atoms with Crippen LogP contribution in [0.1, 0.15) is 58.6 Å². The highest BCUT2D eigenvalue weighted by Gasteiger charge is 2.31. The molecule has 2 bridgehead atoms. The van der Waals surface area contributed by atoms with Gasteiger partial charge in [0, 0.05) is 6.54 Å². The fourth-order valence-corrected chi connectivity index (χ4v) is 3.53. The second kappa shape index (κ2) is 11.8. The van der Waals surface area contributed by atoms with E-state index in [0.29, 0.717) is 25.8 Å². The minimum Gasteiger partial charge on any atom is -0.449 e. The van der Waals surface area contributed by atoms with E-state index in [0.717, 1.165) is 17.5 Å². The third-order valence-electron chi connectivity index (χ3n) is 5.36. The molecule has 0 saturated carbocycles. The van der Waals surface area contributed by atoms with Crippen LogP contribution in [-0.2, 0) is 32.0 Å². The topological polar surface area (TPSA) is 114 Å². The number of ketones is 1. The van der Waals surface area contributed by atoms with Crippen molar-refractivity contribution in [2.75, 3.05) is 13.2 Å². The number of fused-ring (bicyclic) bond motifs is 2. The largest absolute Gasteiger partial charge is 0.449 e. The van der Waals surface area contributed by atoms with Crippen molar-refractivity contribution in [1.82, 2.24) is 16.0 Å². The van der Waals surface area contributed by atoms with Gasteiger partial charge in [-0.15, -0.1) is 0 Å². The van der Waals surface area contributed by atoms with Gasteiger partial charge in [0.1, 0.15) is 6.04 Å². The van der Waals surface area contributed by atoms with Crippen molar-refractivity contribution in [3.8, 4) is 0 Å². The molecule has 0 aromatic heterocycles. The summed E-state index contributed by atoms with van der Waals surface area (Å²) in [6.07, 6.45) is 1.61. The normalized spacial score (nSPS) is 18.4. The minimum atomic E-state index is -0.964. The Kier molecular flexibility index (Phi) is 9.44. The van der Waals surface area contributed by atoms with Crippen LogP contribution >= 0.6 is 0 Å². The Bertz CT molecular complexity index is 860. The van der Waals surface area contributed by atoms with E-state index >= 15 is 0 Å². The van der Waals surface area contributed by atoms with E-state index < -0.39 is 35.8 Å². The second-order valence-electron chi connectivity index (χ2n) is 10.1. The van der Waals surface area contributed by atoms with Crippen molar-refractivity contribution >= 4 is 23.7 Å². The number of hydrogen-bond donors (Lipinski definition) is 3. The standard InChI is InChI=1S/C25H37N3O5/c1-16(2)20(28-24(32)33-15-25(3,4)5)22(30)27-19-11-7-10-17-8-6-9-18(14-17)12-13-26-23(31)21(19)29/h6,8-9,14,16,19-20H,7,10-13,15H2,1-5H3,(H,26,31)(H,27,30)(H,28,32). The molecule has 0 radical (unpaired) electrons. The molecule has 1 aromatic carbocycles. The van der Waals surface area contributed by atoms with Gasteiger partial charge in [0.15, 0.2) is 0 Å². The smallest absolute Gasteiger partial charge is 0.407 e. The third-order valence-corrected chi connectivity index (χ3v) is 5.36. The van der Waals surface area contributed by atoms with Crippen LogP contribution in [-0.4, -0.2) is 48.9 Å². The first kappa shape index (κ1) is 26.4. The summed E-state index contributed by atoms with van der Waals surface area (Å²) in [5.41, 5.74) is 2.05. The molecule has 0 fully saturated rings. The molecule has 0 aliphatic carbocycles. The van der Waals surface area contributed by atoms with Crippen LogP contribution in [0.25, 0.3) is 0 Å². The van der Waals surface area contributed by atoms with E-state index in [4.69, 9.17) is 4.74 Å². The summed E-state index contributed by atoms with van der Waals surface area (Å²) in [6.45, 7) is 9.92. The molecule has 33 heavy (non-hydrogen) atoms. The average molecular weight is 460 g/mol. The number of carbonyl (C=O) groups is 4. The van der Waals surface area contributed by atoms with Crippen molar-refractivity contribution in [2.45, 2.75) is 72.4 Å². The zero-order valence-electron chi connectivity index (χ0n) is 20.3. The van der Waals surface area contributed by atoms with Crippen molar-refractivity contribution in [1.29, 1.82) is 0 Å². The first-order valence-electron chi connectivity index (χ1n) is 11.6. The molecule has 8 heteroatoms. The molecule has 182 valence electrons. The summed E-state index contributed by atoms with van der Waals surface area (Å²) in [5.74, 6) is -2.15. The summed E-state index contributed by atoms with van der Waals surface area (Å²) in [6, 6.07) is 6.26. The maximum atomic E-state index is 13.0. The Labute approximate surface area is 196 Å². The lowest BCUT2D eigenvalue weighted by Gasteiger charge is -2.25. The summed E-state index contributed by atoms with van der Waals surface area (Å²) in [4.78, 5) is 50.4. The lowest BCUT2D eigenvalue weighted by atomic mass is 9.97. The molecule has 8 nitrogen and oxygen atoms in total. The van der Waals surface area contributed by atoms with Gasteiger partial charge in [-0.25, -0.2) is 4.79 Å². The van der Waals surface area contributed by atoms with Gasteiger partial charge in [0.2, 0.25) is 11.7 Å². The molecular formula is C25H37N3O5. The monoisotopic (exact) mass is 459 g/mol. The Balaban J connectivity index is 2.08. The molecule has 1 heterocycles. The van der Waals surface area contributed by atoms with E-state index in [-0.39, 0.29) is 17.9 Å². The van der Waals surface area contributed by atoms with E-state index in [1.165, 1.54) is 0 Å². The van der Waals surface area contributed by atoms with Crippen LogP contribution in [0, 0.1) is 11.3 Å². The van der Waals surface area contributed by atoms with Crippen LogP contribution in [0.3, 0.4) is 0 Å². The minimum absolute atomic E-state index is 0.202. The average Bonchev–Trinajstić information content (AvgIpc) is 2.73. The Morgan fingerprint density at radius 3 is 2.45 bits per heavy atom. The fraction of sp³-hybridized carbons (Fsp3) is 0.600. The number of nitrogens with one attached hydrogen (secondary N) is 3. The molecule has 0 saturated heterocycles. The molecule has 3 N–H and O–H groups in total. The lowest BCUT2D eigenvalue weighted by Crippen LogP contribution is -2.55. The van der Waals surface area contributed by atoms with Gasteiger partial charge in [0.25, 0.3) is 5.91 Å². The van der Waals surface area contributed by atoms with E-state index in [9.17, 15) is 19.2 Å². The highest BCUT2D eigenvalue weighted by molar-refractivity contribution is 6.38. The molecule has 1 aliphatic heterocycles. The van der Waals surface area contributed by atoms with Gasteiger partial charge >= 0.3 is 6.09 Å². The highest BCUT2D eigenvalue weighted by Crippen LogP contribution is 2.14. The van der Waals surface area contributed by atoms with Crippen LogP contribution in [0.2, 0.25) is 0 Å². The van der Waals surface area contributed by atoms with Crippen molar-refractivity contribution in [3.05, 3.63) is 35.4 Å². The number of carbonyl (C=O) groups excluding carboxylic acids is 4. The lowest BCUT2D eigenvalue weighted by molar-refractivity contribution is -0.140. The first-order chi connectivity index (χ1) is 15.5. The molecule has 2 unspecified atom stereocenters. The van der Waals surface area contributed by atoms with Crippen molar-refractivity contribution in [3.63, 3.8) is 0 Å². The van der Waals surface area contributed by atoms with Gasteiger partial charge in [-0.3, -0.25) is 14.4 Å². The summed E-state index contributed by atoms with van der Waals surface area (Å²) in [7, 11) is 0. The van der Waals surface area contributed by atoms with Gasteiger partial charge in [-0.05, 0) is 48.1 Å². The molecule has 1 aromatic rings. The Hall–Kier alpha value is -2.90. The summed E-state index contributed by atoms with van der Waals surface area (Å²) in [5, 5.41) is 7.94. The van der Waals surface area contributed by atoms with E-state index in [2.05, 4.69) is 22.0 Å². The molecule has 0 spiro atoms. The van der Waals surface area contributed by atoms with Crippen molar-refractivity contribution < 1.29 is 23.9 Å². The Morgan fingerprint density at radius 1 is 1.15 bits per heavy atom. The molecule has 2 rings (SSSR count). The van der Waals surface area contributed by atoms with Crippen LogP contribution in [0.5, 0.6) is 0 Å². The highest BCUT2D eigenvalue weighted by atomic mass is 16.5. The number of ether oxygens (including phenoxy) is 1. The molecule has 3 amide bonds. The fourth-order valence-electron chi connectivity index (χ4n) is 3.53. The SMILES string of the molecule is CC(C)C(NC(=O)OCC(C)(C)C)C(=O)NC1CCCc2cccc(c2)CCNC(=O)C1=O. The van der Waals surface area contributed by atoms with Gasteiger partial charge in [-0.2, -0.15) is 0 Å². The predicted molar refractivity (Wildman–Crippen MR) is 126 cm³/mol. The van der Waals surface area contributed by atoms with E-state index in [1.807, 2.05) is 39.0 Å². The second-order valence-corrected chi connectivity index (χ2v) is 10.1. The van der Waals surface area contributed by atoms with Crippen LogP contribution in [0.15, 0.2) is 24.3 Å². The number of aryl methyl sites for hydroxylation is 1.